The van der Waals surface area contributed by atoms with Gasteiger partial charge < -0.3 is 24.3 Å². The van der Waals surface area contributed by atoms with Gasteiger partial charge in [-0.1, -0.05) is 18.2 Å². The molecule has 0 bridgehead atoms. The monoisotopic (exact) mass is 359 g/mol. The van der Waals surface area contributed by atoms with Gasteiger partial charge in [0, 0.05) is 18.2 Å². The van der Waals surface area contributed by atoms with Crippen molar-refractivity contribution < 1.29 is 23.7 Å². The third kappa shape index (κ3) is 5.88. The van der Waals surface area contributed by atoms with Crippen molar-refractivity contribution in [1.82, 2.24) is 5.32 Å². The summed E-state index contributed by atoms with van der Waals surface area (Å²) in [5.41, 5.74) is 1.06. The van der Waals surface area contributed by atoms with E-state index in [0.29, 0.717) is 23.9 Å². The van der Waals surface area contributed by atoms with Gasteiger partial charge in [0.25, 0.3) is 5.91 Å². The van der Waals surface area contributed by atoms with Gasteiger partial charge in [-0.25, -0.2) is 0 Å². The molecular formula is C20H25NO5. The zero-order chi connectivity index (χ0) is 18.9. The normalized spacial score (nSPS) is 11.4. The van der Waals surface area contributed by atoms with Crippen LogP contribution >= 0.6 is 0 Å². The summed E-state index contributed by atoms with van der Waals surface area (Å²) in [6.07, 6.45) is 0. The lowest BCUT2D eigenvalue weighted by molar-refractivity contribution is -0.123. The van der Waals surface area contributed by atoms with E-state index in [1.165, 1.54) is 0 Å². The van der Waals surface area contributed by atoms with Gasteiger partial charge in [-0.2, -0.15) is 0 Å². The quantitative estimate of drug-likeness (QED) is 0.746. The molecule has 0 saturated heterocycles. The standard InChI is InChI=1S/C20H25NO5/c1-14-7-5-6-8-19(14)26-12-15(2)21-20(22)13-25-18-10-16(23-3)9-17(11-18)24-4/h5-11,15H,12-13H2,1-4H3,(H,21,22)/t15-/m1/s1. The molecule has 1 N–H and O–H groups in total. The fraction of sp³-hybridized carbons (Fsp3) is 0.350. The van der Waals surface area contributed by atoms with E-state index >= 15 is 0 Å². The Morgan fingerprint density at radius 2 is 1.62 bits per heavy atom. The van der Waals surface area contributed by atoms with Crippen LogP contribution in [0.15, 0.2) is 42.5 Å². The van der Waals surface area contributed by atoms with Gasteiger partial charge in [-0.15, -0.1) is 0 Å². The zero-order valence-corrected chi connectivity index (χ0v) is 15.6. The van der Waals surface area contributed by atoms with E-state index in [9.17, 15) is 4.79 Å². The summed E-state index contributed by atoms with van der Waals surface area (Å²) in [6.45, 7) is 4.13. The Morgan fingerprint density at radius 1 is 1.00 bits per heavy atom. The fourth-order valence-electron chi connectivity index (χ4n) is 2.30. The number of benzene rings is 2. The van der Waals surface area contributed by atoms with Crippen LogP contribution in [0.1, 0.15) is 12.5 Å². The van der Waals surface area contributed by atoms with E-state index in [2.05, 4.69) is 5.32 Å². The fourth-order valence-corrected chi connectivity index (χ4v) is 2.30. The molecule has 0 spiro atoms. The van der Waals surface area contributed by atoms with Crippen LogP contribution in [0.2, 0.25) is 0 Å². The Kier molecular flexibility index (Phi) is 7.14. The van der Waals surface area contributed by atoms with E-state index in [-0.39, 0.29) is 18.6 Å². The first kappa shape index (κ1) is 19.4. The largest absolute Gasteiger partial charge is 0.496 e. The predicted molar refractivity (Wildman–Crippen MR) is 99.3 cm³/mol. The Balaban J connectivity index is 1.80. The molecule has 0 saturated carbocycles. The van der Waals surface area contributed by atoms with Crippen LogP contribution in [0.25, 0.3) is 0 Å². The maximum atomic E-state index is 12.1. The van der Waals surface area contributed by atoms with E-state index < -0.39 is 0 Å². The molecule has 0 aliphatic rings. The second-order valence-electron chi connectivity index (χ2n) is 5.88. The van der Waals surface area contributed by atoms with Crippen molar-refractivity contribution in [3.8, 4) is 23.0 Å². The van der Waals surface area contributed by atoms with E-state index in [4.69, 9.17) is 18.9 Å². The number of nitrogens with one attached hydrogen (secondary N) is 1. The van der Waals surface area contributed by atoms with E-state index in [1.807, 2.05) is 38.1 Å². The molecule has 2 aromatic rings. The number of hydrogen-bond donors (Lipinski definition) is 1. The van der Waals surface area contributed by atoms with Gasteiger partial charge in [0.15, 0.2) is 6.61 Å². The minimum Gasteiger partial charge on any atom is -0.496 e. The summed E-state index contributed by atoms with van der Waals surface area (Å²) in [5.74, 6) is 2.28. The first-order chi connectivity index (χ1) is 12.5. The van der Waals surface area contributed by atoms with Crippen molar-refractivity contribution in [2.24, 2.45) is 0 Å². The van der Waals surface area contributed by atoms with Gasteiger partial charge in [0.2, 0.25) is 0 Å². The van der Waals surface area contributed by atoms with Gasteiger partial charge in [-0.3, -0.25) is 4.79 Å². The van der Waals surface area contributed by atoms with Gasteiger partial charge in [0.1, 0.15) is 29.6 Å². The average Bonchev–Trinajstić information content (AvgIpc) is 2.65. The van der Waals surface area contributed by atoms with Crippen LogP contribution in [0.3, 0.4) is 0 Å². The van der Waals surface area contributed by atoms with Crippen molar-refractivity contribution >= 4 is 5.91 Å². The highest BCUT2D eigenvalue weighted by Gasteiger charge is 2.11. The smallest absolute Gasteiger partial charge is 0.258 e. The number of ether oxygens (including phenoxy) is 4. The second-order valence-corrected chi connectivity index (χ2v) is 5.88. The predicted octanol–water partition coefficient (Wildman–Crippen LogP) is 2.97. The maximum Gasteiger partial charge on any atom is 0.258 e. The summed E-state index contributed by atoms with van der Waals surface area (Å²) < 4.78 is 21.6. The third-order valence-corrected chi connectivity index (χ3v) is 3.68. The van der Waals surface area contributed by atoms with Crippen LogP contribution in [-0.4, -0.2) is 39.4 Å². The van der Waals surface area contributed by atoms with Crippen LogP contribution in [-0.2, 0) is 4.79 Å². The Labute approximate surface area is 154 Å². The summed E-state index contributed by atoms with van der Waals surface area (Å²) in [5, 5.41) is 2.85. The zero-order valence-electron chi connectivity index (χ0n) is 15.6. The number of amides is 1. The highest BCUT2D eigenvalue weighted by atomic mass is 16.5. The lowest BCUT2D eigenvalue weighted by Crippen LogP contribution is -2.39. The molecule has 6 heteroatoms. The van der Waals surface area contributed by atoms with Gasteiger partial charge in [-0.05, 0) is 25.5 Å². The molecule has 0 aliphatic carbocycles. The minimum atomic E-state index is -0.229. The van der Waals surface area contributed by atoms with Crippen LogP contribution in [0.5, 0.6) is 23.0 Å². The summed E-state index contributed by atoms with van der Waals surface area (Å²) in [7, 11) is 3.11. The number of para-hydroxylation sites is 1. The molecule has 1 amide bonds. The number of carbonyl (C=O) groups is 1. The van der Waals surface area contributed by atoms with Crippen LogP contribution < -0.4 is 24.3 Å². The molecule has 0 aliphatic heterocycles. The Morgan fingerprint density at radius 3 is 2.23 bits per heavy atom. The number of carbonyl (C=O) groups excluding carboxylic acids is 1. The second kappa shape index (κ2) is 9.56. The van der Waals surface area contributed by atoms with Crippen LogP contribution in [0.4, 0.5) is 0 Å². The molecule has 1 atom stereocenters. The highest BCUT2D eigenvalue weighted by Crippen LogP contribution is 2.27. The average molecular weight is 359 g/mol. The number of methoxy groups -OCH3 is 2. The van der Waals surface area contributed by atoms with Crippen molar-refractivity contribution in [1.29, 1.82) is 0 Å². The molecule has 140 valence electrons. The molecule has 0 radical (unpaired) electrons. The molecule has 26 heavy (non-hydrogen) atoms. The molecule has 0 unspecified atom stereocenters. The number of aryl methyl sites for hydroxylation is 1. The first-order valence-electron chi connectivity index (χ1n) is 8.35. The van der Waals surface area contributed by atoms with E-state index in [1.54, 1.807) is 32.4 Å². The Hall–Kier alpha value is -2.89. The molecule has 2 aromatic carbocycles. The molecule has 0 fully saturated rings. The van der Waals surface area contributed by atoms with Gasteiger partial charge >= 0.3 is 0 Å². The van der Waals surface area contributed by atoms with Crippen molar-refractivity contribution in [3.05, 3.63) is 48.0 Å². The SMILES string of the molecule is COc1cc(OC)cc(OCC(=O)N[C@H](C)COc2ccccc2C)c1. The molecular weight excluding hydrogens is 334 g/mol. The maximum absolute atomic E-state index is 12.1. The van der Waals surface area contributed by atoms with Crippen LogP contribution in [0, 0.1) is 6.92 Å². The van der Waals surface area contributed by atoms with Gasteiger partial charge in [0.05, 0.1) is 20.3 Å². The van der Waals surface area contributed by atoms with Crippen molar-refractivity contribution in [2.45, 2.75) is 19.9 Å². The lowest BCUT2D eigenvalue weighted by Gasteiger charge is -2.16. The Bertz CT molecular complexity index is 710. The molecule has 2 rings (SSSR count). The first-order valence-corrected chi connectivity index (χ1v) is 8.35. The molecule has 6 nitrogen and oxygen atoms in total. The molecule has 0 aromatic heterocycles. The molecule has 0 heterocycles. The third-order valence-electron chi connectivity index (χ3n) is 3.68. The number of rotatable bonds is 9. The topological polar surface area (TPSA) is 66.0 Å². The van der Waals surface area contributed by atoms with Crippen molar-refractivity contribution in [3.63, 3.8) is 0 Å². The van der Waals surface area contributed by atoms with E-state index in [0.717, 1.165) is 11.3 Å². The minimum absolute atomic E-state index is 0.106. The number of hydrogen-bond acceptors (Lipinski definition) is 5. The summed E-state index contributed by atoms with van der Waals surface area (Å²) in [6, 6.07) is 12.7. The lowest BCUT2D eigenvalue weighted by atomic mass is 10.2. The summed E-state index contributed by atoms with van der Waals surface area (Å²) in [4.78, 5) is 12.1. The highest BCUT2D eigenvalue weighted by molar-refractivity contribution is 5.77. The van der Waals surface area contributed by atoms with Crippen molar-refractivity contribution in [2.75, 3.05) is 27.4 Å². The summed E-state index contributed by atoms with van der Waals surface area (Å²) >= 11 is 0.